The number of aromatic nitrogens is 2. The highest BCUT2D eigenvalue weighted by Gasteiger charge is 1.70. The number of hydrogen-bond donors (Lipinski definition) is 3. The van der Waals surface area contributed by atoms with Crippen LogP contribution in [0.5, 0.6) is 0 Å². The van der Waals surface area contributed by atoms with E-state index in [2.05, 4.69) is 21.4 Å². The Hall–Kier alpha value is -1.20. The molecule has 0 saturated heterocycles. The lowest BCUT2D eigenvalue weighted by molar-refractivity contribution is 1.12. The number of rotatable bonds is 0. The van der Waals surface area contributed by atoms with Crippen LogP contribution in [0.25, 0.3) is 0 Å². The number of nitrogens with one attached hydrogen (secondary N) is 1. The summed E-state index contributed by atoms with van der Waals surface area (Å²) in [5.41, 5.74) is 8.88. The van der Waals surface area contributed by atoms with Gasteiger partial charge in [0.2, 0.25) is 0 Å². The smallest absolute Gasteiger partial charge is 0.250 e. The van der Waals surface area contributed by atoms with Crippen LogP contribution in [0, 0.1) is 0 Å². The second kappa shape index (κ2) is 11.6. The van der Waals surface area contributed by atoms with E-state index in [4.69, 9.17) is 0 Å². The zero-order chi connectivity index (χ0) is 9.11. The zero-order valence-corrected chi connectivity index (χ0v) is 6.74. The predicted octanol–water partition coefficient (Wildman–Crippen LogP) is -1.08. The monoisotopic (exact) mass is 158 g/mol. The maximum Gasteiger partial charge on any atom is 0.250 e. The number of nitrogens with two attached hydrogens (primary N) is 2. The summed E-state index contributed by atoms with van der Waals surface area (Å²) in [5.74, 6) is 0. The van der Waals surface area contributed by atoms with Crippen LogP contribution in [0.3, 0.4) is 0 Å². The van der Waals surface area contributed by atoms with Crippen molar-refractivity contribution in [3.8, 4) is 0 Å². The standard InChI is InChI=1S/C4H4N2O.2CH5N/c7-4-1-2-5-3-6-4;2*1-2/h1-3H,(H,5,6,7);2*2H2,1H3. The summed E-state index contributed by atoms with van der Waals surface area (Å²) in [6.07, 6.45) is 2.79. The van der Waals surface area contributed by atoms with Gasteiger partial charge in [-0.1, -0.05) is 0 Å². The van der Waals surface area contributed by atoms with Gasteiger partial charge in [0.05, 0.1) is 6.33 Å². The molecule has 0 saturated carbocycles. The van der Waals surface area contributed by atoms with E-state index >= 15 is 0 Å². The van der Waals surface area contributed by atoms with Gasteiger partial charge in [-0.2, -0.15) is 0 Å². The summed E-state index contributed by atoms with van der Waals surface area (Å²) in [4.78, 5) is 16.1. The third-order valence-corrected chi connectivity index (χ3v) is 0.593. The van der Waals surface area contributed by atoms with Crippen LogP contribution >= 0.6 is 0 Å². The van der Waals surface area contributed by atoms with E-state index in [-0.39, 0.29) is 5.56 Å². The molecule has 0 aromatic carbocycles. The fraction of sp³-hybridized carbons (Fsp3) is 0.333. The van der Waals surface area contributed by atoms with Crippen molar-refractivity contribution in [3.05, 3.63) is 28.9 Å². The van der Waals surface area contributed by atoms with E-state index in [0.29, 0.717) is 0 Å². The average molecular weight is 158 g/mol. The molecule has 0 amide bonds. The lowest BCUT2D eigenvalue weighted by atomic mass is 10.7. The highest BCUT2D eigenvalue weighted by Crippen LogP contribution is 1.57. The van der Waals surface area contributed by atoms with Crippen LogP contribution in [0.2, 0.25) is 0 Å². The van der Waals surface area contributed by atoms with Gasteiger partial charge in [0.15, 0.2) is 0 Å². The lowest BCUT2D eigenvalue weighted by Crippen LogP contribution is -2.00. The molecule has 11 heavy (non-hydrogen) atoms. The summed E-state index contributed by atoms with van der Waals surface area (Å²) in [6.45, 7) is 0. The average Bonchev–Trinajstić information content (AvgIpc) is 2.13. The largest absolute Gasteiger partial charge is 0.333 e. The molecule has 0 fully saturated rings. The zero-order valence-electron chi connectivity index (χ0n) is 6.74. The molecule has 1 aromatic rings. The van der Waals surface area contributed by atoms with Gasteiger partial charge in [0.25, 0.3) is 5.56 Å². The Balaban J connectivity index is 0. The molecule has 5 N–H and O–H groups in total. The SMILES string of the molecule is CN.CN.O=c1ccnc[nH]1. The molecule has 1 heterocycles. The summed E-state index contributed by atoms with van der Waals surface area (Å²) in [7, 11) is 3.00. The lowest BCUT2D eigenvalue weighted by Gasteiger charge is -1.73. The second-order valence-corrected chi connectivity index (χ2v) is 1.10. The van der Waals surface area contributed by atoms with Crippen molar-refractivity contribution < 1.29 is 0 Å². The van der Waals surface area contributed by atoms with Crippen LogP contribution in [-0.2, 0) is 0 Å². The number of nitrogens with zero attached hydrogens (tertiary/aromatic N) is 1. The first-order valence-corrected chi connectivity index (χ1v) is 3.04. The van der Waals surface area contributed by atoms with Crippen molar-refractivity contribution in [1.29, 1.82) is 0 Å². The Morgan fingerprint density at radius 3 is 2.09 bits per heavy atom. The Morgan fingerprint density at radius 2 is 1.91 bits per heavy atom. The Kier molecular flexibility index (Phi) is 13.1. The van der Waals surface area contributed by atoms with Gasteiger partial charge in [-0.3, -0.25) is 4.79 Å². The van der Waals surface area contributed by atoms with Crippen molar-refractivity contribution >= 4 is 0 Å². The first kappa shape index (κ1) is 12.5. The van der Waals surface area contributed by atoms with Gasteiger partial charge in [-0.25, -0.2) is 4.98 Å². The van der Waals surface area contributed by atoms with Crippen molar-refractivity contribution in [3.63, 3.8) is 0 Å². The highest BCUT2D eigenvalue weighted by atomic mass is 16.1. The van der Waals surface area contributed by atoms with E-state index in [1.807, 2.05) is 0 Å². The molecule has 5 heteroatoms. The molecule has 0 aliphatic carbocycles. The first-order chi connectivity index (χ1) is 5.39. The van der Waals surface area contributed by atoms with E-state index in [0.717, 1.165) is 0 Å². The molecular formula is C6H14N4O. The highest BCUT2D eigenvalue weighted by molar-refractivity contribution is 4.76. The molecule has 5 nitrogen and oxygen atoms in total. The van der Waals surface area contributed by atoms with Gasteiger partial charge in [-0.15, -0.1) is 0 Å². The van der Waals surface area contributed by atoms with Crippen LogP contribution in [0.15, 0.2) is 23.4 Å². The maximum absolute atomic E-state index is 10.2. The van der Waals surface area contributed by atoms with Gasteiger partial charge in [0, 0.05) is 12.3 Å². The van der Waals surface area contributed by atoms with Gasteiger partial charge >= 0.3 is 0 Å². The van der Waals surface area contributed by atoms with Gasteiger partial charge in [-0.05, 0) is 14.1 Å². The van der Waals surface area contributed by atoms with Crippen molar-refractivity contribution in [2.45, 2.75) is 0 Å². The topological polar surface area (TPSA) is 97.8 Å². The molecular weight excluding hydrogens is 144 g/mol. The molecule has 0 atom stereocenters. The van der Waals surface area contributed by atoms with E-state index in [9.17, 15) is 4.79 Å². The third-order valence-electron chi connectivity index (χ3n) is 0.593. The van der Waals surface area contributed by atoms with Gasteiger partial charge in [0.1, 0.15) is 0 Å². The molecule has 0 bridgehead atoms. The number of aromatic amines is 1. The van der Waals surface area contributed by atoms with Crippen LogP contribution in [-0.4, -0.2) is 24.1 Å². The Morgan fingerprint density at radius 1 is 1.36 bits per heavy atom. The molecule has 0 spiro atoms. The van der Waals surface area contributed by atoms with E-state index < -0.39 is 0 Å². The van der Waals surface area contributed by atoms with E-state index in [1.165, 1.54) is 32.7 Å². The minimum absolute atomic E-state index is 0.116. The maximum atomic E-state index is 10.2. The third kappa shape index (κ3) is 8.80. The number of H-pyrrole nitrogens is 1. The summed E-state index contributed by atoms with van der Waals surface area (Å²) in [6, 6.07) is 1.36. The van der Waals surface area contributed by atoms with Crippen molar-refractivity contribution in [1.82, 2.24) is 9.97 Å². The molecule has 0 aliphatic rings. The summed E-state index contributed by atoms with van der Waals surface area (Å²) in [5, 5.41) is 0. The molecule has 0 aliphatic heterocycles. The molecule has 1 aromatic heterocycles. The van der Waals surface area contributed by atoms with E-state index in [1.54, 1.807) is 0 Å². The van der Waals surface area contributed by atoms with Gasteiger partial charge < -0.3 is 16.5 Å². The quantitative estimate of drug-likeness (QED) is 0.447. The molecule has 1 rings (SSSR count). The minimum atomic E-state index is -0.116. The molecule has 0 unspecified atom stereocenters. The van der Waals surface area contributed by atoms with Crippen molar-refractivity contribution in [2.75, 3.05) is 14.1 Å². The minimum Gasteiger partial charge on any atom is -0.333 e. The van der Waals surface area contributed by atoms with Crippen LogP contribution in [0.4, 0.5) is 0 Å². The predicted molar refractivity (Wildman–Crippen MR) is 45.1 cm³/mol. The normalized spacial score (nSPS) is 6.55. The molecule has 64 valence electrons. The molecule has 0 radical (unpaired) electrons. The fourth-order valence-electron chi connectivity index (χ4n) is 0.303. The fourth-order valence-corrected chi connectivity index (χ4v) is 0.303. The number of hydrogen-bond acceptors (Lipinski definition) is 4. The Labute approximate surface area is 65.5 Å². The summed E-state index contributed by atoms with van der Waals surface area (Å²) >= 11 is 0. The van der Waals surface area contributed by atoms with Crippen molar-refractivity contribution in [2.24, 2.45) is 11.5 Å². The van der Waals surface area contributed by atoms with Crippen LogP contribution < -0.4 is 17.0 Å². The van der Waals surface area contributed by atoms with Crippen LogP contribution in [0.1, 0.15) is 0 Å². The first-order valence-electron chi connectivity index (χ1n) is 3.04. The second-order valence-electron chi connectivity index (χ2n) is 1.10. The Bertz CT molecular complexity index is 180. The summed E-state index contributed by atoms with van der Waals surface area (Å²) < 4.78 is 0.